The van der Waals surface area contributed by atoms with Gasteiger partial charge >= 0.3 is 0 Å². The van der Waals surface area contributed by atoms with Crippen molar-refractivity contribution in [1.29, 1.82) is 0 Å². The summed E-state index contributed by atoms with van der Waals surface area (Å²) < 4.78 is 2.10. The number of hydrogen-bond acceptors (Lipinski definition) is 3. The number of benzene rings is 1. The van der Waals surface area contributed by atoms with Crippen LogP contribution >= 0.6 is 0 Å². The molecule has 1 aromatic heterocycles. The third kappa shape index (κ3) is 2.33. The molecule has 1 aromatic carbocycles. The van der Waals surface area contributed by atoms with Crippen molar-refractivity contribution >= 4 is 11.0 Å². The first-order valence-electron chi connectivity index (χ1n) is 5.91. The van der Waals surface area contributed by atoms with Gasteiger partial charge in [0.25, 0.3) is 0 Å². The Kier molecular flexibility index (Phi) is 3.17. The predicted octanol–water partition coefficient (Wildman–Crippen LogP) is 1.31. The Morgan fingerprint density at radius 3 is 2.76 bits per heavy atom. The SMILES string of the molecule is CCc1nc2ccccc2n1CC(C)(N)CO. The van der Waals surface area contributed by atoms with Gasteiger partial charge in [0.2, 0.25) is 0 Å². The quantitative estimate of drug-likeness (QED) is 0.837. The monoisotopic (exact) mass is 233 g/mol. The normalized spacial score (nSPS) is 15.1. The van der Waals surface area contributed by atoms with Crippen LogP contribution in [0.25, 0.3) is 11.0 Å². The molecule has 0 aliphatic rings. The number of imidazole rings is 1. The fourth-order valence-corrected chi connectivity index (χ4v) is 1.98. The number of nitrogens with zero attached hydrogens (tertiary/aromatic N) is 2. The second kappa shape index (κ2) is 4.47. The summed E-state index contributed by atoms with van der Waals surface area (Å²) in [5, 5.41) is 9.27. The highest BCUT2D eigenvalue weighted by Gasteiger charge is 2.20. The number of hydrogen-bond donors (Lipinski definition) is 2. The van der Waals surface area contributed by atoms with Crippen molar-refractivity contribution in [3.8, 4) is 0 Å². The van der Waals surface area contributed by atoms with Gasteiger partial charge in [-0.25, -0.2) is 4.98 Å². The van der Waals surface area contributed by atoms with Crippen molar-refractivity contribution in [2.24, 2.45) is 5.73 Å². The van der Waals surface area contributed by atoms with E-state index in [4.69, 9.17) is 5.73 Å². The van der Waals surface area contributed by atoms with Crippen LogP contribution in [-0.2, 0) is 13.0 Å². The van der Waals surface area contributed by atoms with Crippen molar-refractivity contribution in [2.45, 2.75) is 32.4 Å². The zero-order valence-corrected chi connectivity index (χ0v) is 10.3. The highest BCUT2D eigenvalue weighted by Crippen LogP contribution is 2.18. The van der Waals surface area contributed by atoms with Crippen LogP contribution in [0.1, 0.15) is 19.7 Å². The molecule has 3 N–H and O–H groups in total. The van der Waals surface area contributed by atoms with Crippen molar-refractivity contribution in [1.82, 2.24) is 9.55 Å². The lowest BCUT2D eigenvalue weighted by Crippen LogP contribution is -2.44. The first kappa shape index (κ1) is 12.1. The first-order chi connectivity index (χ1) is 8.07. The van der Waals surface area contributed by atoms with Gasteiger partial charge in [0.05, 0.1) is 23.2 Å². The van der Waals surface area contributed by atoms with E-state index in [-0.39, 0.29) is 6.61 Å². The van der Waals surface area contributed by atoms with Gasteiger partial charge in [-0.3, -0.25) is 0 Å². The predicted molar refractivity (Wildman–Crippen MR) is 68.8 cm³/mol. The molecule has 0 aliphatic carbocycles. The van der Waals surface area contributed by atoms with E-state index < -0.39 is 5.54 Å². The number of aliphatic hydroxyl groups excluding tert-OH is 1. The van der Waals surface area contributed by atoms with Crippen LogP contribution in [0.4, 0.5) is 0 Å². The lowest BCUT2D eigenvalue weighted by molar-refractivity contribution is 0.192. The lowest BCUT2D eigenvalue weighted by atomic mass is 10.1. The third-order valence-electron chi connectivity index (χ3n) is 2.93. The van der Waals surface area contributed by atoms with Crippen LogP contribution < -0.4 is 5.73 Å². The molecular weight excluding hydrogens is 214 g/mol. The second-order valence-corrected chi connectivity index (χ2v) is 4.77. The maximum absolute atomic E-state index is 9.27. The summed E-state index contributed by atoms with van der Waals surface area (Å²) in [4.78, 5) is 4.58. The number of fused-ring (bicyclic) bond motifs is 1. The number of nitrogens with two attached hydrogens (primary N) is 1. The topological polar surface area (TPSA) is 64.1 Å². The lowest BCUT2D eigenvalue weighted by Gasteiger charge is -2.23. The molecule has 0 amide bonds. The highest BCUT2D eigenvalue weighted by molar-refractivity contribution is 5.75. The summed E-state index contributed by atoms with van der Waals surface area (Å²) in [6.07, 6.45) is 0.857. The molecule has 0 saturated carbocycles. The molecule has 2 aromatic rings. The summed E-state index contributed by atoms with van der Waals surface area (Å²) in [6.45, 7) is 4.46. The van der Waals surface area contributed by atoms with Gasteiger partial charge in [0, 0.05) is 13.0 Å². The molecule has 2 rings (SSSR count). The van der Waals surface area contributed by atoms with Crippen molar-refractivity contribution < 1.29 is 5.11 Å². The van der Waals surface area contributed by atoms with Crippen LogP contribution in [0.2, 0.25) is 0 Å². The molecule has 0 saturated heterocycles. The standard InChI is InChI=1S/C13H19N3O/c1-3-12-15-10-6-4-5-7-11(10)16(12)8-13(2,14)9-17/h4-7,17H,3,8-9,14H2,1-2H3. The minimum Gasteiger partial charge on any atom is -0.394 e. The van der Waals surface area contributed by atoms with Gasteiger partial charge in [-0.1, -0.05) is 19.1 Å². The van der Waals surface area contributed by atoms with Gasteiger partial charge < -0.3 is 15.4 Å². The summed E-state index contributed by atoms with van der Waals surface area (Å²) in [5.41, 5.74) is 7.47. The van der Waals surface area contributed by atoms with E-state index in [2.05, 4.69) is 16.5 Å². The van der Waals surface area contributed by atoms with Crippen LogP contribution in [-0.4, -0.2) is 26.8 Å². The van der Waals surface area contributed by atoms with Crippen LogP contribution in [0.3, 0.4) is 0 Å². The summed E-state index contributed by atoms with van der Waals surface area (Å²) in [6, 6.07) is 8.01. The maximum Gasteiger partial charge on any atom is 0.109 e. The van der Waals surface area contributed by atoms with E-state index in [0.717, 1.165) is 23.3 Å². The van der Waals surface area contributed by atoms with E-state index in [1.807, 2.05) is 31.2 Å². The molecule has 0 bridgehead atoms. The van der Waals surface area contributed by atoms with E-state index in [1.54, 1.807) is 0 Å². The van der Waals surface area contributed by atoms with Crippen LogP contribution in [0.5, 0.6) is 0 Å². The molecule has 0 spiro atoms. The molecule has 1 atom stereocenters. The zero-order chi connectivity index (χ0) is 12.5. The minimum atomic E-state index is -0.618. The van der Waals surface area contributed by atoms with Crippen LogP contribution in [0, 0.1) is 0 Å². The summed E-state index contributed by atoms with van der Waals surface area (Å²) in [7, 11) is 0. The first-order valence-corrected chi connectivity index (χ1v) is 5.91. The van der Waals surface area contributed by atoms with Crippen LogP contribution in [0.15, 0.2) is 24.3 Å². The molecule has 17 heavy (non-hydrogen) atoms. The number of aryl methyl sites for hydroxylation is 1. The fraction of sp³-hybridized carbons (Fsp3) is 0.462. The Labute approximate surface area is 101 Å². The average Bonchev–Trinajstić information content (AvgIpc) is 2.67. The molecular formula is C13H19N3O. The smallest absolute Gasteiger partial charge is 0.109 e. The van der Waals surface area contributed by atoms with Gasteiger partial charge in [0.1, 0.15) is 5.82 Å². The molecule has 4 heteroatoms. The largest absolute Gasteiger partial charge is 0.394 e. The van der Waals surface area contributed by atoms with Crippen molar-refractivity contribution in [2.75, 3.05) is 6.61 Å². The third-order valence-corrected chi connectivity index (χ3v) is 2.93. The molecule has 1 unspecified atom stereocenters. The fourth-order valence-electron chi connectivity index (χ4n) is 1.98. The molecule has 0 radical (unpaired) electrons. The highest BCUT2D eigenvalue weighted by atomic mass is 16.3. The Morgan fingerprint density at radius 1 is 1.41 bits per heavy atom. The Bertz CT molecular complexity index is 516. The molecule has 0 fully saturated rings. The molecule has 1 heterocycles. The number of aliphatic hydroxyl groups is 1. The molecule has 4 nitrogen and oxygen atoms in total. The maximum atomic E-state index is 9.27. The van der Waals surface area contributed by atoms with Gasteiger partial charge in [0.15, 0.2) is 0 Å². The van der Waals surface area contributed by atoms with E-state index in [0.29, 0.717) is 6.54 Å². The number of rotatable bonds is 4. The Morgan fingerprint density at radius 2 is 2.12 bits per heavy atom. The minimum absolute atomic E-state index is 0.0390. The number of para-hydroxylation sites is 2. The van der Waals surface area contributed by atoms with Gasteiger partial charge in [-0.2, -0.15) is 0 Å². The molecule has 0 aliphatic heterocycles. The average molecular weight is 233 g/mol. The van der Waals surface area contributed by atoms with Crippen molar-refractivity contribution in [3.63, 3.8) is 0 Å². The number of aromatic nitrogens is 2. The summed E-state index contributed by atoms with van der Waals surface area (Å²) in [5.74, 6) is 1.01. The van der Waals surface area contributed by atoms with E-state index >= 15 is 0 Å². The Balaban J connectivity index is 2.50. The second-order valence-electron chi connectivity index (χ2n) is 4.77. The molecule has 92 valence electrons. The van der Waals surface area contributed by atoms with Gasteiger partial charge in [-0.15, -0.1) is 0 Å². The summed E-state index contributed by atoms with van der Waals surface area (Å²) >= 11 is 0. The van der Waals surface area contributed by atoms with Gasteiger partial charge in [-0.05, 0) is 19.1 Å². The van der Waals surface area contributed by atoms with E-state index in [9.17, 15) is 5.11 Å². The zero-order valence-electron chi connectivity index (χ0n) is 10.3. The van der Waals surface area contributed by atoms with E-state index in [1.165, 1.54) is 0 Å². The van der Waals surface area contributed by atoms with Crippen molar-refractivity contribution in [3.05, 3.63) is 30.1 Å². The Hall–Kier alpha value is -1.39.